The standard InChI is InChI=1S/C36H51N7O4/c1-23(2)34(32-21-33(40-47-32)42-17-12-26(13-18-42)19-25-9-14-37-15-10-25)36(46)43-22-29(44)20-31(43)35(45)39-24(3)27-5-7-28(8-6-27)30-11-16-38-41(30)4/h5-8,11,16,21,23-26,29,31,34,37,44H,9-10,12-15,17-20,22H2,1-4H3,(H,39,45)/t24-,29+,31-,34+/m0/s1. The van der Waals surface area contributed by atoms with E-state index in [1.54, 1.807) is 6.20 Å². The number of nitrogens with zero attached hydrogens (tertiary/aromatic N) is 5. The first kappa shape index (κ1) is 33.2. The van der Waals surface area contributed by atoms with Crippen LogP contribution in [0.4, 0.5) is 5.82 Å². The molecule has 0 radical (unpaired) electrons. The van der Waals surface area contributed by atoms with Crippen LogP contribution in [-0.4, -0.2) is 81.6 Å². The number of aliphatic hydroxyl groups is 1. The molecule has 0 saturated carbocycles. The van der Waals surface area contributed by atoms with Gasteiger partial charge in [-0.3, -0.25) is 14.3 Å². The Bertz CT molecular complexity index is 1490. The van der Waals surface area contributed by atoms with Crippen molar-refractivity contribution < 1.29 is 19.2 Å². The molecule has 3 aromatic rings. The van der Waals surface area contributed by atoms with Gasteiger partial charge < -0.3 is 30.1 Å². The van der Waals surface area contributed by atoms with Gasteiger partial charge in [-0.1, -0.05) is 43.3 Å². The molecule has 0 bridgehead atoms. The molecule has 2 amide bonds. The van der Waals surface area contributed by atoms with Crippen molar-refractivity contribution in [3.8, 4) is 11.3 Å². The summed E-state index contributed by atoms with van der Waals surface area (Å²) in [5.74, 6) is 1.70. The summed E-state index contributed by atoms with van der Waals surface area (Å²) in [6.45, 7) is 10.2. The molecule has 1 aromatic carbocycles. The third kappa shape index (κ3) is 7.56. The predicted octanol–water partition coefficient (Wildman–Crippen LogP) is 4.26. The molecule has 4 atom stereocenters. The third-order valence-electron chi connectivity index (χ3n) is 10.6. The number of anilines is 1. The summed E-state index contributed by atoms with van der Waals surface area (Å²) in [5, 5.41) is 25.8. The molecule has 11 heteroatoms. The maximum absolute atomic E-state index is 14.1. The van der Waals surface area contributed by atoms with Crippen molar-refractivity contribution in [2.45, 2.75) is 83.4 Å². The topological polar surface area (TPSA) is 129 Å². The fourth-order valence-electron chi connectivity index (χ4n) is 7.77. The molecule has 3 aliphatic heterocycles. The van der Waals surface area contributed by atoms with Gasteiger partial charge in [0.25, 0.3) is 0 Å². The smallest absolute Gasteiger partial charge is 0.243 e. The van der Waals surface area contributed by atoms with Crippen molar-refractivity contribution >= 4 is 17.6 Å². The number of aliphatic hydroxyl groups excluding tert-OH is 1. The van der Waals surface area contributed by atoms with Crippen LogP contribution < -0.4 is 15.5 Å². The minimum absolute atomic E-state index is 0.0858. The van der Waals surface area contributed by atoms with Crippen LogP contribution in [0, 0.1) is 17.8 Å². The quantitative estimate of drug-likeness (QED) is 0.299. The molecule has 3 fully saturated rings. The molecular weight excluding hydrogens is 594 g/mol. The number of carbonyl (C=O) groups excluding carboxylic acids is 2. The highest BCUT2D eigenvalue weighted by atomic mass is 16.5. The van der Waals surface area contributed by atoms with Crippen molar-refractivity contribution in [2.24, 2.45) is 24.8 Å². The molecule has 11 nitrogen and oxygen atoms in total. The fraction of sp³-hybridized carbons (Fsp3) is 0.611. The zero-order valence-electron chi connectivity index (χ0n) is 28.3. The summed E-state index contributed by atoms with van der Waals surface area (Å²) in [7, 11) is 1.90. The van der Waals surface area contributed by atoms with Gasteiger partial charge in [-0.25, -0.2) is 0 Å². The van der Waals surface area contributed by atoms with Crippen molar-refractivity contribution in [2.75, 3.05) is 37.6 Å². The number of β-amino-alcohol motifs (C(OH)–C–C–N with tert-alkyl or cyclic N) is 1. The lowest BCUT2D eigenvalue weighted by Gasteiger charge is -2.34. The van der Waals surface area contributed by atoms with Gasteiger partial charge in [0.15, 0.2) is 11.6 Å². The summed E-state index contributed by atoms with van der Waals surface area (Å²) < 4.78 is 7.66. The van der Waals surface area contributed by atoms with Gasteiger partial charge in [0.1, 0.15) is 12.0 Å². The van der Waals surface area contributed by atoms with Crippen LogP contribution in [0.2, 0.25) is 0 Å². The largest absolute Gasteiger partial charge is 0.391 e. The first-order valence-electron chi connectivity index (χ1n) is 17.5. The van der Waals surface area contributed by atoms with Gasteiger partial charge in [-0.2, -0.15) is 5.10 Å². The molecule has 254 valence electrons. The van der Waals surface area contributed by atoms with Crippen molar-refractivity contribution in [3.05, 3.63) is 53.9 Å². The normalized spacial score (nSPS) is 22.5. The molecule has 0 aliphatic carbocycles. The highest BCUT2D eigenvalue weighted by Gasteiger charge is 2.43. The maximum atomic E-state index is 14.1. The second-order valence-electron chi connectivity index (χ2n) is 14.3. The first-order valence-corrected chi connectivity index (χ1v) is 17.5. The minimum atomic E-state index is -0.771. The van der Waals surface area contributed by atoms with Gasteiger partial charge in [-0.05, 0) is 87.1 Å². The zero-order chi connectivity index (χ0) is 33.1. The molecule has 47 heavy (non-hydrogen) atoms. The Kier molecular flexibility index (Phi) is 10.3. The summed E-state index contributed by atoms with van der Waals surface area (Å²) in [4.78, 5) is 31.5. The van der Waals surface area contributed by atoms with Gasteiger partial charge in [0.05, 0.1) is 17.8 Å². The lowest BCUT2D eigenvalue weighted by molar-refractivity contribution is -0.141. The highest BCUT2D eigenvalue weighted by Crippen LogP contribution is 2.35. The van der Waals surface area contributed by atoms with E-state index in [0.29, 0.717) is 5.76 Å². The van der Waals surface area contributed by atoms with Crippen LogP contribution in [0.1, 0.15) is 82.6 Å². The predicted molar refractivity (Wildman–Crippen MR) is 181 cm³/mol. The molecule has 6 rings (SSSR count). The number of benzene rings is 1. The number of aromatic nitrogens is 3. The number of carbonyl (C=O) groups is 2. The Hall–Kier alpha value is -3.70. The van der Waals surface area contributed by atoms with Crippen molar-refractivity contribution in [1.82, 2.24) is 30.5 Å². The second kappa shape index (κ2) is 14.6. The average Bonchev–Trinajstić information content (AvgIpc) is 3.82. The number of rotatable bonds is 10. The lowest BCUT2D eigenvalue weighted by Crippen LogP contribution is -2.48. The van der Waals surface area contributed by atoms with E-state index in [9.17, 15) is 14.7 Å². The first-order chi connectivity index (χ1) is 22.7. The monoisotopic (exact) mass is 645 g/mol. The summed E-state index contributed by atoms with van der Waals surface area (Å²) in [5.41, 5.74) is 2.99. The molecule has 2 aromatic heterocycles. The van der Waals surface area contributed by atoms with E-state index in [2.05, 4.69) is 25.8 Å². The fourth-order valence-corrected chi connectivity index (χ4v) is 7.77. The Morgan fingerprint density at radius 2 is 1.74 bits per heavy atom. The molecule has 3 N–H and O–H groups in total. The Labute approximate surface area is 278 Å². The van der Waals surface area contributed by atoms with Gasteiger partial charge >= 0.3 is 0 Å². The number of nitrogens with one attached hydrogen (secondary N) is 2. The van der Waals surface area contributed by atoms with E-state index in [4.69, 9.17) is 4.52 Å². The van der Waals surface area contributed by atoms with E-state index >= 15 is 0 Å². The van der Waals surface area contributed by atoms with Crippen LogP contribution in [-0.2, 0) is 16.6 Å². The molecule has 3 saturated heterocycles. The maximum Gasteiger partial charge on any atom is 0.243 e. The second-order valence-corrected chi connectivity index (χ2v) is 14.3. The summed E-state index contributed by atoms with van der Waals surface area (Å²) >= 11 is 0. The number of hydrogen-bond donors (Lipinski definition) is 3. The number of hydrogen-bond acceptors (Lipinski definition) is 8. The zero-order valence-corrected chi connectivity index (χ0v) is 28.3. The Balaban J connectivity index is 1.08. The van der Waals surface area contributed by atoms with Gasteiger partial charge in [0.2, 0.25) is 11.8 Å². The number of aryl methyl sites for hydroxylation is 1. The molecule has 3 aliphatic rings. The number of likely N-dealkylation sites (tertiary alicyclic amines) is 1. The highest BCUT2D eigenvalue weighted by molar-refractivity contribution is 5.91. The lowest BCUT2D eigenvalue weighted by atomic mass is 9.83. The van der Waals surface area contributed by atoms with Crippen LogP contribution in [0.15, 0.2) is 47.1 Å². The Morgan fingerprint density at radius 1 is 1.04 bits per heavy atom. The SMILES string of the molecule is CC(C)[C@@H](C(=O)N1C[C@H](O)C[C@H]1C(=O)N[C@@H](C)c1ccc(-c2ccnn2C)cc1)c1cc(N2CCC(CC3CCNCC3)CC2)no1. The molecule has 0 unspecified atom stereocenters. The molecule has 5 heterocycles. The number of amides is 2. The summed E-state index contributed by atoms with van der Waals surface area (Å²) in [6.07, 6.45) is 7.37. The van der Waals surface area contributed by atoms with Crippen LogP contribution in [0.25, 0.3) is 11.3 Å². The molecule has 0 spiro atoms. The van der Waals surface area contributed by atoms with E-state index in [0.717, 1.165) is 73.5 Å². The van der Waals surface area contributed by atoms with Crippen molar-refractivity contribution in [1.29, 1.82) is 0 Å². The third-order valence-corrected chi connectivity index (χ3v) is 10.6. The van der Waals surface area contributed by atoms with Crippen LogP contribution in [0.5, 0.6) is 0 Å². The molecular formula is C36H51N7O4. The van der Waals surface area contributed by atoms with E-state index in [1.165, 1.54) is 24.2 Å². The summed E-state index contributed by atoms with van der Waals surface area (Å²) in [6, 6.07) is 10.8. The van der Waals surface area contributed by atoms with Gasteiger partial charge in [0, 0.05) is 45.4 Å². The van der Waals surface area contributed by atoms with E-state index in [-0.39, 0.29) is 36.7 Å². The van der Waals surface area contributed by atoms with E-state index in [1.807, 2.05) is 68.9 Å². The van der Waals surface area contributed by atoms with Crippen molar-refractivity contribution in [3.63, 3.8) is 0 Å². The average molecular weight is 646 g/mol. The Morgan fingerprint density at radius 3 is 2.40 bits per heavy atom. The van der Waals surface area contributed by atoms with Crippen LogP contribution in [0.3, 0.4) is 0 Å². The minimum Gasteiger partial charge on any atom is -0.391 e. The van der Waals surface area contributed by atoms with Crippen LogP contribution >= 0.6 is 0 Å². The van der Waals surface area contributed by atoms with E-state index < -0.39 is 18.1 Å². The number of piperidine rings is 2. The van der Waals surface area contributed by atoms with Gasteiger partial charge in [-0.15, -0.1) is 0 Å².